The molecule has 0 unspecified atom stereocenters. The molecular weight excluding hydrogens is 436 g/mol. The van der Waals surface area contributed by atoms with Gasteiger partial charge in [0.25, 0.3) is 0 Å². The van der Waals surface area contributed by atoms with E-state index in [2.05, 4.69) is 0 Å². The van der Waals surface area contributed by atoms with E-state index in [1.807, 2.05) is 44.2 Å². The van der Waals surface area contributed by atoms with Crippen LogP contribution in [0.15, 0.2) is 30.3 Å². The molecule has 1 saturated heterocycles. The number of ether oxygens (including phenoxy) is 1. The fraction of sp³-hybridized carbons (Fsp3) is 0.600. The standard InChI is InChI=1S/C25H38N4O5/c1-17(2)14-21(24(32)29-13-9-12-20(29)25(33)34-5)28(4)22(30)16-27(3)23(31)19(26)15-18-10-7-6-8-11-18/h6-8,10-11,17,19-21H,9,12-16,26H2,1-5H3/t19-,20-,21+/m0/s1. The lowest BCUT2D eigenvalue weighted by atomic mass is 10.0. The molecule has 3 amide bonds. The quantitative estimate of drug-likeness (QED) is 0.507. The van der Waals surface area contributed by atoms with Crippen LogP contribution in [0.2, 0.25) is 0 Å². The van der Waals surface area contributed by atoms with Crippen LogP contribution in [-0.2, 0) is 30.3 Å². The predicted molar refractivity (Wildman–Crippen MR) is 129 cm³/mol. The zero-order valence-corrected chi connectivity index (χ0v) is 20.9. The Labute approximate surface area is 202 Å². The lowest BCUT2D eigenvalue weighted by molar-refractivity contribution is -0.154. The molecule has 1 aromatic carbocycles. The molecule has 1 aliphatic rings. The summed E-state index contributed by atoms with van der Waals surface area (Å²) in [5.74, 6) is -1.28. The molecule has 0 aromatic heterocycles. The van der Waals surface area contributed by atoms with Crippen LogP contribution in [0.25, 0.3) is 0 Å². The summed E-state index contributed by atoms with van der Waals surface area (Å²) in [5, 5.41) is 0. The summed E-state index contributed by atoms with van der Waals surface area (Å²) in [7, 11) is 4.41. The van der Waals surface area contributed by atoms with Crippen LogP contribution in [0, 0.1) is 5.92 Å². The van der Waals surface area contributed by atoms with E-state index in [0.29, 0.717) is 32.2 Å². The van der Waals surface area contributed by atoms with Gasteiger partial charge in [0.2, 0.25) is 17.7 Å². The van der Waals surface area contributed by atoms with E-state index >= 15 is 0 Å². The molecule has 1 heterocycles. The van der Waals surface area contributed by atoms with Crippen LogP contribution in [-0.4, -0.2) is 90.8 Å². The van der Waals surface area contributed by atoms with Gasteiger partial charge in [0.15, 0.2) is 0 Å². The SMILES string of the molecule is COC(=O)[C@@H]1CCCN1C(=O)[C@@H](CC(C)C)N(C)C(=O)CN(C)C(=O)[C@@H](N)Cc1ccccc1. The van der Waals surface area contributed by atoms with Crippen LogP contribution in [0.4, 0.5) is 0 Å². The van der Waals surface area contributed by atoms with Crippen molar-refractivity contribution in [3.63, 3.8) is 0 Å². The van der Waals surface area contributed by atoms with Gasteiger partial charge in [-0.25, -0.2) is 4.79 Å². The molecule has 2 rings (SSSR count). The topological polar surface area (TPSA) is 113 Å². The summed E-state index contributed by atoms with van der Waals surface area (Å²) >= 11 is 0. The number of carbonyl (C=O) groups excluding carboxylic acids is 4. The van der Waals surface area contributed by atoms with E-state index in [1.165, 1.54) is 28.9 Å². The lowest BCUT2D eigenvalue weighted by Crippen LogP contribution is -2.55. The summed E-state index contributed by atoms with van der Waals surface area (Å²) in [6.45, 7) is 4.19. The third kappa shape index (κ3) is 7.03. The van der Waals surface area contributed by atoms with Gasteiger partial charge >= 0.3 is 5.97 Å². The number of nitrogens with two attached hydrogens (primary N) is 1. The number of hydrogen-bond acceptors (Lipinski definition) is 6. The summed E-state index contributed by atoms with van der Waals surface area (Å²) in [6, 6.07) is 7.31. The van der Waals surface area contributed by atoms with Gasteiger partial charge in [-0.05, 0) is 37.2 Å². The van der Waals surface area contributed by atoms with E-state index in [9.17, 15) is 19.2 Å². The molecule has 0 bridgehead atoms. The van der Waals surface area contributed by atoms with Crippen LogP contribution in [0.5, 0.6) is 0 Å². The van der Waals surface area contributed by atoms with Crippen molar-refractivity contribution in [3.8, 4) is 0 Å². The van der Waals surface area contributed by atoms with Crippen molar-refractivity contribution in [1.82, 2.24) is 14.7 Å². The molecule has 0 aliphatic carbocycles. The Balaban J connectivity index is 2.07. The summed E-state index contributed by atoms with van der Waals surface area (Å²) in [5.41, 5.74) is 7.03. The van der Waals surface area contributed by atoms with Gasteiger partial charge in [0.1, 0.15) is 12.1 Å². The number of amides is 3. The highest BCUT2D eigenvalue weighted by atomic mass is 16.5. The summed E-state index contributed by atoms with van der Waals surface area (Å²) in [6.07, 6.45) is 2.05. The molecule has 1 aromatic rings. The molecule has 9 heteroatoms. The minimum absolute atomic E-state index is 0.141. The van der Waals surface area contributed by atoms with Crippen molar-refractivity contribution in [2.75, 3.05) is 34.3 Å². The molecule has 9 nitrogen and oxygen atoms in total. The number of rotatable bonds is 10. The number of likely N-dealkylation sites (tertiary alicyclic amines) is 1. The highest BCUT2D eigenvalue weighted by Crippen LogP contribution is 2.23. The molecule has 34 heavy (non-hydrogen) atoms. The minimum Gasteiger partial charge on any atom is -0.467 e. The highest BCUT2D eigenvalue weighted by Gasteiger charge is 2.40. The normalized spacial score (nSPS) is 17.3. The van der Waals surface area contributed by atoms with Crippen LogP contribution >= 0.6 is 0 Å². The number of hydrogen-bond donors (Lipinski definition) is 1. The van der Waals surface area contributed by atoms with E-state index in [-0.39, 0.29) is 30.2 Å². The molecule has 0 saturated carbocycles. The van der Waals surface area contributed by atoms with Gasteiger partial charge in [0.05, 0.1) is 19.7 Å². The van der Waals surface area contributed by atoms with Crippen molar-refractivity contribution in [3.05, 3.63) is 35.9 Å². The van der Waals surface area contributed by atoms with Gasteiger partial charge in [-0.1, -0.05) is 44.2 Å². The minimum atomic E-state index is -0.774. The molecular formula is C25H38N4O5. The molecule has 1 fully saturated rings. The first kappa shape index (κ1) is 27.3. The van der Waals surface area contributed by atoms with Gasteiger partial charge in [0, 0.05) is 20.6 Å². The Morgan fingerprint density at radius 3 is 2.38 bits per heavy atom. The van der Waals surface area contributed by atoms with Crippen LogP contribution in [0.3, 0.4) is 0 Å². The molecule has 0 spiro atoms. The fourth-order valence-electron chi connectivity index (χ4n) is 4.28. The number of nitrogens with zero attached hydrogens (tertiary/aromatic N) is 3. The molecule has 1 aliphatic heterocycles. The zero-order valence-electron chi connectivity index (χ0n) is 20.9. The Morgan fingerprint density at radius 1 is 1.15 bits per heavy atom. The summed E-state index contributed by atoms with van der Waals surface area (Å²) < 4.78 is 4.86. The Bertz CT molecular complexity index is 860. The maximum absolute atomic E-state index is 13.4. The second kappa shape index (κ2) is 12.5. The number of benzene rings is 1. The average molecular weight is 475 g/mol. The predicted octanol–water partition coefficient (Wildman–Crippen LogP) is 1.05. The molecule has 0 radical (unpaired) electrons. The number of methoxy groups -OCH3 is 1. The van der Waals surface area contributed by atoms with Gasteiger partial charge < -0.3 is 25.2 Å². The highest BCUT2D eigenvalue weighted by molar-refractivity contribution is 5.93. The third-order valence-corrected chi connectivity index (χ3v) is 6.21. The van der Waals surface area contributed by atoms with Gasteiger partial charge in [-0.2, -0.15) is 0 Å². The second-order valence-electron chi connectivity index (χ2n) is 9.35. The van der Waals surface area contributed by atoms with Crippen LogP contribution < -0.4 is 5.73 Å². The Kier molecular flexibility index (Phi) is 10.0. The number of likely N-dealkylation sites (N-methyl/N-ethyl adjacent to an activating group) is 2. The van der Waals surface area contributed by atoms with E-state index < -0.39 is 24.1 Å². The fourth-order valence-corrected chi connectivity index (χ4v) is 4.28. The first-order valence-corrected chi connectivity index (χ1v) is 11.7. The molecule has 3 atom stereocenters. The number of esters is 1. The van der Waals surface area contributed by atoms with Crippen molar-refractivity contribution >= 4 is 23.7 Å². The van der Waals surface area contributed by atoms with E-state index in [4.69, 9.17) is 10.5 Å². The zero-order chi connectivity index (χ0) is 25.4. The first-order valence-electron chi connectivity index (χ1n) is 11.7. The Hall–Kier alpha value is -2.94. The van der Waals surface area contributed by atoms with Crippen LogP contribution in [0.1, 0.15) is 38.7 Å². The Morgan fingerprint density at radius 2 is 1.79 bits per heavy atom. The van der Waals surface area contributed by atoms with E-state index in [0.717, 1.165) is 5.56 Å². The van der Waals surface area contributed by atoms with Crippen molar-refractivity contribution in [2.24, 2.45) is 11.7 Å². The van der Waals surface area contributed by atoms with E-state index in [1.54, 1.807) is 7.05 Å². The smallest absolute Gasteiger partial charge is 0.328 e. The third-order valence-electron chi connectivity index (χ3n) is 6.21. The molecule has 2 N–H and O–H groups in total. The van der Waals surface area contributed by atoms with Crippen molar-refractivity contribution in [2.45, 2.75) is 57.7 Å². The largest absolute Gasteiger partial charge is 0.467 e. The van der Waals surface area contributed by atoms with Gasteiger partial charge in [-0.3, -0.25) is 14.4 Å². The van der Waals surface area contributed by atoms with Crippen molar-refractivity contribution in [1.29, 1.82) is 0 Å². The lowest BCUT2D eigenvalue weighted by Gasteiger charge is -2.34. The first-order chi connectivity index (χ1) is 16.1. The average Bonchev–Trinajstić information content (AvgIpc) is 3.31. The summed E-state index contributed by atoms with van der Waals surface area (Å²) in [4.78, 5) is 55.6. The van der Waals surface area contributed by atoms with Crippen molar-refractivity contribution < 1.29 is 23.9 Å². The van der Waals surface area contributed by atoms with Gasteiger partial charge in [-0.15, -0.1) is 0 Å². The maximum atomic E-state index is 13.4. The number of carbonyl (C=O) groups is 4. The monoisotopic (exact) mass is 474 g/mol. The maximum Gasteiger partial charge on any atom is 0.328 e. The molecule has 188 valence electrons. The second-order valence-corrected chi connectivity index (χ2v) is 9.35.